The largest absolute Gasteiger partial charge is 0.497 e. The maximum absolute atomic E-state index is 14.1. The number of carboxylic acids is 1. The van der Waals surface area contributed by atoms with Crippen molar-refractivity contribution >= 4 is 16.0 Å². The van der Waals surface area contributed by atoms with E-state index in [1.165, 1.54) is 17.5 Å². The second-order valence-corrected chi connectivity index (χ2v) is 7.42. The molecule has 2 fully saturated rings. The Bertz CT molecular complexity index is 720. The zero-order valence-electron chi connectivity index (χ0n) is 11.9. The summed E-state index contributed by atoms with van der Waals surface area (Å²) in [5.41, 5.74) is 0. The van der Waals surface area contributed by atoms with Crippen LogP contribution in [0.2, 0.25) is 0 Å². The molecule has 2 bridgehead atoms. The quantitative estimate of drug-likeness (QED) is 0.904. The van der Waals surface area contributed by atoms with Crippen molar-refractivity contribution in [3.63, 3.8) is 0 Å². The van der Waals surface area contributed by atoms with Crippen molar-refractivity contribution in [1.82, 2.24) is 4.31 Å². The summed E-state index contributed by atoms with van der Waals surface area (Å²) >= 11 is 0. The van der Waals surface area contributed by atoms with Gasteiger partial charge in [0.25, 0.3) is 0 Å². The second-order valence-electron chi connectivity index (χ2n) is 5.61. The van der Waals surface area contributed by atoms with Gasteiger partial charge in [-0.2, -0.15) is 4.31 Å². The highest BCUT2D eigenvalue weighted by atomic mass is 32.2. The Hall–Kier alpha value is -1.67. The lowest BCUT2D eigenvalue weighted by molar-refractivity contribution is -0.142. The molecule has 1 aromatic rings. The van der Waals surface area contributed by atoms with Crippen LogP contribution < -0.4 is 4.74 Å². The monoisotopic (exact) mass is 329 g/mol. The molecule has 3 unspecified atom stereocenters. The SMILES string of the molecule is COc1ccc(S(=O)(=O)N2C3CCC2C(C(=O)O)C3)c(F)c1. The number of sulfonamides is 1. The maximum atomic E-state index is 14.1. The molecule has 2 aliphatic rings. The van der Waals surface area contributed by atoms with Gasteiger partial charge in [0.05, 0.1) is 13.0 Å². The molecule has 8 heteroatoms. The molecule has 1 N–H and O–H groups in total. The zero-order chi connectivity index (χ0) is 16.1. The third-order valence-corrected chi connectivity index (χ3v) is 6.50. The number of nitrogens with zero attached hydrogens (tertiary/aromatic N) is 1. The van der Waals surface area contributed by atoms with Crippen LogP contribution in [0, 0.1) is 11.7 Å². The molecule has 1 aromatic carbocycles. The van der Waals surface area contributed by atoms with E-state index in [4.69, 9.17) is 4.74 Å². The number of carboxylic acid groups (broad SMARTS) is 1. The van der Waals surface area contributed by atoms with Gasteiger partial charge in [0.1, 0.15) is 16.5 Å². The highest BCUT2D eigenvalue weighted by Crippen LogP contribution is 2.45. The van der Waals surface area contributed by atoms with Crippen molar-refractivity contribution in [2.24, 2.45) is 5.92 Å². The zero-order valence-corrected chi connectivity index (χ0v) is 12.7. The molecule has 22 heavy (non-hydrogen) atoms. The van der Waals surface area contributed by atoms with E-state index in [0.717, 1.165) is 12.1 Å². The molecule has 2 aliphatic heterocycles. The number of hydrogen-bond acceptors (Lipinski definition) is 4. The minimum atomic E-state index is -4.06. The minimum Gasteiger partial charge on any atom is -0.497 e. The Balaban J connectivity index is 1.99. The van der Waals surface area contributed by atoms with Crippen LogP contribution in [0.25, 0.3) is 0 Å². The predicted octanol–water partition coefficient (Wildman–Crippen LogP) is 1.46. The molecule has 3 atom stereocenters. The van der Waals surface area contributed by atoms with Crippen molar-refractivity contribution in [3.05, 3.63) is 24.0 Å². The number of methoxy groups -OCH3 is 1. The van der Waals surface area contributed by atoms with Gasteiger partial charge in [0.2, 0.25) is 10.0 Å². The molecule has 0 aliphatic carbocycles. The van der Waals surface area contributed by atoms with Crippen LogP contribution in [-0.4, -0.2) is 43.0 Å². The van der Waals surface area contributed by atoms with Crippen LogP contribution in [0.1, 0.15) is 19.3 Å². The Morgan fingerprint density at radius 3 is 2.68 bits per heavy atom. The summed E-state index contributed by atoms with van der Waals surface area (Å²) in [6.07, 6.45) is 1.40. The fourth-order valence-corrected chi connectivity index (χ4v) is 5.48. The number of aliphatic carboxylic acids is 1. The number of rotatable bonds is 4. The molecule has 2 heterocycles. The van der Waals surface area contributed by atoms with Gasteiger partial charge >= 0.3 is 5.97 Å². The van der Waals surface area contributed by atoms with Gasteiger partial charge in [-0.25, -0.2) is 12.8 Å². The third-order valence-electron chi connectivity index (χ3n) is 4.48. The van der Waals surface area contributed by atoms with Crippen molar-refractivity contribution in [2.45, 2.75) is 36.2 Å². The minimum absolute atomic E-state index is 0.226. The van der Waals surface area contributed by atoms with E-state index in [2.05, 4.69) is 0 Å². The molecule has 6 nitrogen and oxygen atoms in total. The van der Waals surface area contributed by atoms with Crippen molar-refractivity contribution in [2.75, 3.05) is 7.11 Å². The third kappa shape index (κ3) is 2.17. The van der Waals surface area contributed by atoms with E-state index < -0.39 is 38.7 Å². The Morgan fingerprint density at radius 1 is 1.41 bits per heavy atom. The first-order valence-electron chi connectivity index (χ1n) is 6.96. The van der Waals surface area contributed by atoms with E-state index in [9.17, 15) is 22.7 Å². The lowest BCUT2D eigenvalue weighted by Gasteiger charge is -2.22. The standard InChI is InChI=1S/C14H16FNO5S/c1-21-9-3-5-13(11(15)7-9)22(19,20)16-8-2-4-12(16)10(6-8)14(17)18/h3,5,7-8,10,12H,2,4,6H2,1H3,(H,17,18). The summed E-state index contributed by atoms with van der Waals surface area (Å²) in [4.78, 5) is 10.8. The summed E-state index contributed by atoms with van der Waals surface area (Å²) in [5, 5.41) is 9.20. The predicted molar refractivity (Wildman–Crippen MR) is 74.5 cm³/mol. The average Bonchev–Trinajstić information content (AvgIpc) is 3.05. The van der Waals surface area contributed by atoms with Gasteiger partial charge in [-0.05, 0) is 31.4 Å². The van der Waals surface area contributed by atoms with Crippen molar-refractivity contribution < 1.29 is 27.4 Å². The van der Waals surface area contributed by atoms with Crippen molar-refractivity contribution in [3.8, 4) is 5.75 Å². The van der Waals surface area contributed by atoms with Crippen LogP contribution in [0.15, 0.2) is 23.1 Å². The Morgan fingerprint density at radius 2 is 2.14 bits per heavy atom. The summed E-state index contributed by atoms with van der Waals surface area (Å²) in [6.45, 7) is 0. The molecular weight excluding hydrogens is 313 g/mol. The molecular formula is C14H16FNO5S. The second kappa shape index (κ2) is 5.20. The van der Waals surface area contributed by atoms with Gasteiger partial charge in [-0.1, -0.05) is 0 Å². The van der Waals surface area contributed by atoms with Gasteiger partial charge in [-0.3, -0.25) is 4.79 Å². The van der Waals surface area contributed by atoms with Crippen molar-refractivity contribution in [1.29, 1.82) is 0 Å². The van der Waals surface area contributed by atoms with E-state index >= 15 is 0 Å². The first-order chi connectivity index (χ1) is 10.4. The molecule has 0 spiro atoms. The first kappa shape index (κ1) is 15.2. The van der Waals surface area contributed by atoms with Gasteiger partial charge < -0.3 is 9.84 Å². The first-order valence-corrected chi connectivity index (χ1v) is 8.40. The van der Waals surface area contributed by atoms with Crippen LogP contribution in [-0.2, 0) is 14.8 Å². The van der Waals surface area contributed by atoms with Crippen LogP contribution >= 0.6 is 0 Å². The fourth-order valence-electron chi connectivity index (χ4n) is 3.51. The lowest BCUT2D eigenvalue weighted by Crippen LogP contribution is -2.38. The topological polar surface area (TPSA) is 83.9 Å². The number of halogens is 1. The Kier molecular flexibility index (Phi) is 3.60. The van der Waals surface area contributed by atoms with E-state index in [-0.39, 0.29) is 18.2 Å². The summed E-state index contributed by atoms with van der Waals surface area (Å²) < 4.78 is 45.6. The van der Waals surface area contributed by atoms with E-state index in [1.807, 2.05) is 0 Å². The number of hydrogen-bond donors (Lipinski definition) is 1. The molecule has 120 valence electrons. The summed E-state index contributed by atoms with van der Waals surface area (Å²) in [7, 11) is -2.70. The summed E-state index contributed by atoms with van der Waals surface area (Å²) in [6, 6.07) is 2.60. The molecule has 0 radical (unpaired) electrons. The van der Waals surface area contributed by atoms with Crippen LogP contribution in [0.4, 0.5) is 4.39 Å². The molecule has 3 rings (SSSR count). The number of benzene rings is 1. The van der Waals surface area contributed by atoms with E-state index in [0.29, 0.717) is 12.8 Å². The molecule has 2 saturated heterocycles. The smallest absolute Gasteiger partial charge is 0.308 e. The maximum Gasteiger partial charge on any atom is 0.308 e. The van der Waals surface area contributed by atoms with Gasteiger partial charge in [0.15, 0.2) is 0 Å². The fraction of sp³-hybridized carbons (Fsp3) is 0.500. The molecule has 0 aromatic heterocycles. The Labute approximate surface area is 127 Å². The summed E-state index contributed by atoms with van der Waals surface area (Å²) in [5.74, 6) is -2.38. The number of fused-ring (bicyclic) bond motifs is 2. The van der Waals surface area contributed by atoms with E-state index in [1.54, 1.807) is 0 Å². The highest BCUT2D eigenvalue weighted by molar-refractivity contribution is 7.89. The lowest BCUT2D eigenvalue weighted by atomic mass is 9.89. The van der Waals surface area contributed by atoms with Gasteiger partial charge in [0, 0.05) is 18.2 Å². The molecule has 0 amide bonds. The van der Waals surface area contributed by atoms with Gasteiger partial charge in [-0.15, -0.1) is 0 Å². The normalized spacial score (nSPS) is 28.0. The van der Waals surface area contributed by atoms with Crippen LogP contribution in [0.5, 0.6) is 5.75 Å². The molecule has 0 saturated carbocycles. The van der Waals surface area contributed by atoms with Crippen LogP contribution in [0.3, 0.4) is 0 Å². The highest BCUT2D eigenvalue weighted by Gasteiger charge is 2.54. The number of carbonyl (C=O) groups is 1. The average molecular weight is 329 g/mol. The number of ether oxygens (including phenoxy) is 1.